The predicted octanol–water partition coefficient (Wildman–Crippen LogP) is 1.01. The highest BCUT2D eigenvalue weighted by Gasteiger charge is 2.49. The molecule has 4 atom stereocenters. The van der Waals surface area contributed by atoms with Crippen molar-refractivity contribution in [3.05, 3.63) is 0 Å². The predicted molar refractivity (Wildman–Crippen MR) is 66.4 cm³/mol. The van der Waals surface area contributed by atoms with Crippen molar-refractivity contribution in [1.82, 2.24) is 0 Å². The maximum atomic E-state index is 9.09. The second-order valence-corrected chi connectivity index (χ2v) is 5.93. The van der Waals surface area contributed by atoms with Crippen LogP contribution in [-0.2, 0) is 23.7 Å². The van der Waals surface area contributed by atoms with Crippen LogP contribution >= 0.6 is 0 Å². The van der Waals surface area contributed by atoms with Crippen LogP contribution in [0.25, 0.3) is 0 Å². The number of hydrogen-bond donors (Lipinski definition) is 1. The Kier molecular flexibility index (Phi) is 4.21. The molecule has 2 fully saturated rings. The molecular formula is C13H24O6. The van der Waals surface area contributed by atoms with Gasteiger partial charge in [0.15, 0.2) is 11.6 Å². The molecule has 6 nitrogen and oxygen atoms in total. The molecule has 0 amide bonds. The molecule has 0 aromatic heterocycles. The molecule has 0 aromatic carbocycles. The number of aliphatic hydroxyl groups is 1. The van der Waals surface area contributed by atoms with Gasteiger partial charge in [-0.3, -0.25) is 0 Å². The molecule has 0 spiro atoms. The van der Waals surface area contributed by atoms with E-state index in [4.69, 9.17) is 28.8 Å². The second-order valence-electron chi connectivity index (χ2n) is 5.93. The zero-order valence-electron chi connectivity index (χ0n) is 12.2. The molecule has 2 heterocycles. The van der Waals surface area contributed by atoms with Crippen molar-refractivity contribution in [2.75, 3.05) is 13.4 Å². The van der Waals surface area contributed by atoms with E-state index < -0.39 is 24.5 Å². The largest absolute Gasteiger partial charge is 0.371 e. The first-order chi connectivity index (χ1) is 8.74. The second kappa shape index (κ2) is 5.27. The number of rotatable bonds is 4. The fraction of sp³-hybridized carbons (Fsp3) is 1.00. The zero-order valence-corrected chi connectivity index (χ0v) is 12.2. The van der Waals surface area contributed by atoms with Gasteiger partial charge in [0.1, 0.15) is 25.1 Å². The quantitative estimate of drug-likeness (QED) is 0.773. The summed E-state index contributed by atoms with van der Waals surface area (Å²) in [4.78, 5) is 0. The number of hydrogen-bond acceptors (Lipinski definition) is 6. The molecule has 0 bridgehead atoms. The molecule has 2 rings (SSSR count). The van der Waals surface area contributed by atoms with Crippen LogP contribution in [0, 0.1) is 0 Å². The molecule has 6 heteroatoms. The highest BCUT2D eigenvalue weighted by molar-refractivity contribution is 4.91. The summed E-state index contributed by atoms with van der Waals surface area (Å²) >= 11 is 0. The van der Waals surface area contributed by atoms with Crippen LogP contribution in [0.3, 0.4) is 0 Å². The third-order valence-corrected chi connectivity index (χ3v) is 3.34. The summed E-state index contributed by atoms with van der Waals surface area (Å²) in [5.74, 6) is -1.30. The van der Waals surface area contributed by atoms with Gasteiger partial charge in [0.05, 0.1) is 12.7 Å². The molecule has 2 saturated heterocycles. The van der Waals surface area contributed by atoms with E-state index in [1.54, 1.807) is 0 Å². The summed E-state index contributed by atoms with van der Waals surface area (Å²) < 4.78 is 28.3. The summed E-state index contributed by atoms with van der Waals surface area (Å²) in [5.41, 5.74) is 0. The first-order valence-electron chi connectivity index (χ1n) is 6.64. The molecule has 112 valence electrons. The van der Waals surface area contributed by atoms with Crippen LogP contribution in [0.2, 0.25) is 0 Å². The lowest BCUT2D eigenvalue weighted by Gasteiger charge is -2.29. The van der Waals surface area contributed by atoms with E-state index >= 15 is 0 Å². The molecule has 0 aromatic rings. The SMILES string of the molecule is CC1OC(C)(C)OC1[C@H](OCO)C1COC(C)(C)O1. The van der Waals surface area contributed by atoms with Crippen LogP contribution in [0.5, 0.6) is 0 Å². The van der Waals surface area contributed by atoms with E-state index in [9.17, 15) is 0 Å². The smallest absolute Gasteiger partial charge is 0.163 e. The van der Waals surface area contributed by atoms with E-state index in [0.717, 1.165) is 0 Å². The van der Waals surface area contributed by atoms with Gasteiger partial charge in [-0.05, 0) is 34.6 Å². The topological polar surface area (TPSA) is 66.4 Å². The van der Waals surface area contributed by atoms with E-state index in [2.05, 4.69) is 0 Å². The van der Waals surface area contributed by atoms with Crippen LogP contribution in [0.1, 0.15) is 34.6 Å². The molecule has 0 radical (unpaired) electrons. The Morgan fingerprint density at radius 2 is 1.84 bits per heavy atom. The Labute approximate surface area is 113 Å². The number of ether oxygens (including phenoxy) is 5. The maximum absolute atomic E-state index is 9.09. The van der Waals surface area contributed by atoms with Crippen molar-refractivity contribution in [2.45, 2.75) is 70.6 Å². The lowest BCUT2D eigenvalue weighted by Crippen LogP contribution is -2.46. The van der Waals surface area contributed by atoms with E-state index in [1.807, 2.05) is 34.6 Å². The summed E-state index contributed by atoms with van der Waals surface area (Å²) in [6, 6.07) is 0. The average Bonchev–Trinajstić information content (AvgIpc) is 2.75. The van der Waals surface area contributed by atoms with Crippen LogP contribution in [0.15, 0.2) is 0 Å². The van der Waals surface area contributed by atoms with E-state index in [-0.39, 0.29) is 18.3 Å². The lowest BCUT2D eigenvalue weighted by atomic mass is 10.0. The molecule has 2 aliphatic heterocycles. The summed E-state index contributed by atoms with van der Waals surface area (Å²) in [7, 11) is 0. The normalized spacial score (nSPS) is 38.5. The van der Waals surface area contributed by atoms with Gasteiger partial charge in [0.25, 0.3) is 0 Å². The fourth-order valence-corrected chi connectivity index (χ4v) is 2.68. The van der Waals surface area contributed by atoms with Crippen molar-refractivity contribution in [3.63, 3.8) is 0 Å². The molecular weight excluding hydrogens is 252 g/mol. The van der Waals surface area contributed by atoms with Crippen LogP contribution in [-0.4, -0.2) is 54.5 Å². The van der Waals surface area contributed by atoms with Gasteiger partial charge in [-0.1, -0.05) is 0 Å². The Balaban J connectivity index is 2.08. The minimum atomic E-state index is -0.657. The van der Waals surface area contributed by atoms with Gasteiger partial charge in [-0.2, -0.15) is 0 Å². The van der Waals surface area contributed by atoms with Gasteiger partial charge in [-0.15, -0.1) is 0 Å². The first-order valence-corrected chi connectivity index (χ1v) is 6.64. The van der Waals surface area contributed by atoms with Crippen molar-refractivity contribution < 1.29 is 28.8 Å². The lowest BCUT2D eigenvalue weighted by molar-refractivity contribution is -0.201. The van der Waals surface area contributed by atoms with Crippen molar-refractivity contribution in [3.8, 4) is 0 Å². The Bertz CT molecular complexity index is 316. The minimum absolute atomic E-state index is 0.140. The molecule has 2 aliphatic rings. The Hall–Kier alpha value is -0.240. The van der Waals surface area contributed by atoms with Gasteiger partial charge in [0, 0.05) is 0 Å². The van der Waals surface area contributed by atoms with Crippen LogP contribution in [0.4, 0.5) is 0 Å². The molecule has 1 N–H and O–H groups in total. The molecule has 0 aliphatic carbocycles. The van der Waals surface area contributed by atoms with Crippen molar-refractivity contribution in [1.29, 1.82) is 0 Å². The summed E-state index contributed by atoms with van der Waals surface area (Å²) in [6.45, 7) is 9.35. The standard InChI is InChI=1S/C13H24O6/c1-8-10(19-13(4,5)17-8)11(15-7-14)9-6-16-12(2,3)18-9/h8-11,14H,6-7H2,1-5H3/t8?,9?,10?,11-/m1/s1. The molecule has 19 heavy (non-hydrogen) atoms. The van der Waals surface area contributed by atoms with E-state index in [0.29, 0.717) is 6.61 Å². The van der Waals surface area contributed by atoms with Crippen molar-refractivity contribution in [2.24, 2.45) is 0 Å². The number of aliphatic hydroxyl groups excluding tert-OH is 1. The highest BCUT2D eigenvalue weighted by Crippen LogP contribution is 2.35. The maximum Gasteiger partial charge on any atom is 0.163 e. The first kappa shape index (κ1) is 15.2. The van der Waals surface area contributed by atoms with Gasteiger partial charge in [-0.25, -0.2) is 0 Å². The fourth-order valence-electron chi connectivity index (χ4n) is 2.68. The molecule has 0 saturated carbocycles. The van der Waals surface area contributed by atoms with E-state index in [1.165, 1.54) is 0 Å². The van der Waals surface area contributed by atoms with Crippen molar-refractivity contribution >= 4 is 0 Å². The third kappa shape index (κ3) is 3.45. The van der Waals surface area contributed by atoms with Gasteiger partial charge in [0.2, 0.25) is 0 Å². The monoisotopic (exact) mass is 276 g/mol. The highest BCUT2D eigenvalue weighted by atomic mass is 16.8. The zero-order chi connectivity index (χ0) is 14.3. The van der Waals surface area contributed by atoms with Gasteiger partial charge < -0.3 is 28.8 Å². The molecule has 3 unspecified atom stereocenters. The Morgan fingerprint density at radius 3 is 2.26 bits per heavy atom. The van der Waals surface area contributed by atoms with Crippen LogP contribution < -0.4 is 0 Å². The minimum Gasteiger partial charge on any atom is -0.371 e. The third-order valence-electron chi connectivity index (χ3n) is 3.34. The Morgan fingerprint density at radius 1 is 1.16 bits per heavy atom. The summed E-state index contributed by atoms with van der Waals surface area (Å²) in [5, 5.41) is 9.09. The van der Waals surface area contributed by atoms with Gasteiger partial charge >= 0.3 is 0 Å². The average molecular weight is 276 g/mol. The summed E-state index contributed by atoms with van der Waals surface area (Å²) in [6.07, 6.45) is -1.15.